The smallest absolute Gasteiger partial charge is 0.0306 e. The summed E-state index contributed by atoms with van der Waals surface area (Å²) >= 11 is 1.66. The van der Waals surface area contributed by atoms with E-state index in [-0.39, 0.29) is 0 Å². The van der Waals surface area contributed by atoms with Gasteiger partial charge in [0.1, 0.15) is 0 Å². The van der Waals surface area contributed by atoms with Gasteiger partial charge < -0.3 is 5.32 Å². The third kappa shape index (κ3) is 4.34. The van der Waals surface area contributed by atoms with E-state index >= 15 is 0 Å². The first kappa shape index (κ1) is 16.1. The van der Waals surface area contributed by atoms with Crippen molar-refractivity contribution in [2.45, 2.75) is 38.3 Å². The molecule has 0 fully saturated rings. The monoisotopic (exact) mass is 300 g/mol. The quantitative estimate of drug-likeness (QED) is 0.774. The molecule has 2 N–H and O–H groups in total. The predicted octanol–water partition coefficient (Wildman–Crippen LogP) is 4.39. The van der Waals surface area contributed by atoms with Crippen LogP contribution in [0, 0.1) is 6.92 Å². The van der Waals surface area contributed by atoms with Crippen LogP contribution < -0.4 is 10.0 Å². The minimum atomic E-state index is 0.512. The Morgan fingerprint density at radius 3 is 2.48 bits per heavy atom. The highest BCUT2D eigenvalue weighted by Gasteiger charge is 2.08. The molecule has 0 heterocycles. The van der Waals surface area contributed by atoms with Gasteiger partial charge in [-0.2, -0.15) is 0 Å². The van der Waals surface area contributed by atoms with Crippen LogP contribution >= 0.6 is 11.9 Å². The van der Waals surface area contributed by atoms with Crippen molar-refractivity contribution in [2.75, 3.05) is 7.05 Å². The first-order valence-corrected chi connectivity index (χ1v) is 8.19. The first-order valence-electron chi connectivity index (χ1n) is 7.37. The highest BCUT2D eigenvalue weighted by molar-refractivity contribution is 7.97. The number of hydrogen-bond acceptors (Lipinski definition) is 3. The SMILES string of the molecule is CNSc1ccccc1-c1ccc(CNC(C)C)cc1C. The Morgan fingerprint density at radius 2 is 1.81 bits per heavy atom. The van der Waals surface area contributed by atoms with Crippen molar-refractivity contribution < 1.29 is 0 Å². The number of benzene rings is 2. The van der Waals surface area contributed by atoms with E-state index in [9.17, 15) is 0 Å². The zero-order chi connectivity index (χ0) is 15.2. The second-order valence-corrected chi connectivity index (χ2v) is 6.54. The van der Waals surface area contributed by atoms with Crippen molar-refractivity contribution in [3.8, 4) is 11.1 Å². The summed E-state index contributed by atoms with van der Waals surface area (Å²) in [5.74, 6) is 0. The minimum absolute atomic E-state index is 0.512. The van der Waals surface area contributed by atoms with Crippen molar-refractivity contribution in [1.82, 2.24) is 10.0 Å². The normalized spacial score (nSPS) is 11.1. The van der Waals surface area contributed by atoms with Gasteiger partial charge in [-0.3, -0.25) is 4.72 Å². The molecule has 21 heavy (non-hydrogen) atoms. The summed E-state index contributed by atoms with van der Waals surface area (Å²) in [5, 5.41) is 3.47. The summed E-state index contributed by atoms with van der Waals surface area (Å²) in [6.07, 6.45) is 0. The van der Waals surface area contributed by atoms with Gasteiger partial charge in [0.2, 0.25) is 0 Å². The Bertz CT molecular complexity index is 594. The molecule has 0 amide bonds. The van der Waals surface area contributed by atoms with Crippen LogP contribution in [-0.2, 0) is 6.54 Å². The standard InChI is InChI=1S/C18H24N2S/c1-13(2)20-12-15-9-10-16(14(3)11-15)17-7-5-6-8-18(17)21-19-4/h5-11,13,19-20H,12H2,1-4H3. The predicted molar refractivity (Wildman–Crippen MR) is 93.5 cm³/mol. The molecule has 3 heteroatoms. The zero-order valence-corrected chi connectivity index (χ0v) is 14.1. The van der Waals surface area contributed by atoms with E-state index in [0.29, 0.717) is 6.04 Å². The van der Waals surface area contributed by atoms with Crippen LogP contribution in [0.1, 0.15) is 25.0 Å². The lowest BCUT2D eigenvalue weighted by Crippen LogP contribution is -2.21. The molecule has 0 aromatic heterocycles. The fourth-order valence-electron chi connectivity index (χ4n) is 2.35. The molecule has 0 unspecified atom stereocenters. The number of rotatable bonds is 6. The Morgan fingerprint density at radius 1 is 1.05 bits per heavy atom. The van der Waals surface area contributed by atoms with Crippen LogP contribution in [0.5, 0.6) is 0 Å². The van der Waals surface area contributed by atoms with Crippen molar-refractivity contribution in [1.29, 1.82) is 0 Å². The molecule has 0 bridgehead atoms. The average molecular weight is 300 g/mol. The summed E-state index contributed by atoms with van der Waals surface area (Å²) in [7, 11) is 1.95. The topological polar surface area (TPSA) is 24.1 Å². The lowest BCUT2D eigenvalue weighted by atomic mass is 9.98. The van der Waals surface area contributed by atoms with Crippen molar-refractivity contribution in [3.63, 3.8) is 0 Å². The van der Waals surface area contributed by atoms with E-state index in [4.69, 9.17) is 0 Å². The first-order chi connectivity index (χ1) is 10.1. The highest BCUT2D eigenvalue weighted by Crippen LogP contribution is 2.32. The van der Waals surface area contributed by atoms with E-state index in [1.807, 2.05) is 7.05 Å². The van der Waals surface area contributed by atoms with Gasteiger partial charge in [-0.25, -0.2) is 0 Å². The molecule has 0 saturated heterocycles. The van der Waals surface area contributed by atoms with Crippen LogP contribution in [-0.4, -0.2) is 13.1 Å². The van der Waals surface area contributed by atoms with Gasteiger partial charge in [0.25, 0.3) is 0 Å². The van der Waals surface area contributed by atoms with Crippen molar-refractivity contribution in [3.05, 3.63) is 53.6 Å². The zero-order valence-electron chi connectivity index (χ0n) is 13.2. The third-order valence-electron chi connectivity index (χ3n) is 3.39. The maximum absolute atomic E-state index is 3.47. The van der Waals surface area contributed by atoms with Gasteiger partial charge in [-0.05, 0) is 54.2 Å². The second kappa shape index (κ2) is 7.64. The number of hydrogen-bond donors (Lipinski definition) is 2. The number of aryl methyl sites for hydroxylation is 1. The maximum atomic E-state index is 3.47. The van der Waals surface area contributed by atoms with Gasteiger partial charge in [0, 0.05) is 17.5 Å². The molecule has 112 valence electrons. The molecule has 0 saturated carbocycles. The maximum Gasteiger partial charge on any atom is 0.0306 e. The van der Waals surface area contributed by atoms with E-state index in [1.165, 1.54) is 27.1 Å². The molecular weight excluding hydrogens is 276 g/mol. The van der Waals surface area contributed by atoms with Crippen LogP contribution in [0.15, 0.2) is 47.4 Å². The summed E-state index contributed by atoms with van der Waals surface area (Å²) in [6.45, 7) is 7.46. The molecule has 2 aromatic rings. The van der Waals surface area contributed by atoms with Crippen molar-refractivity contribution >= 4 is 11.9 Å². The molecule has 0 spiro atoms. The molecular formula is C18H24N2S. The van der Waals surface area contributed by atoms with Crippen LogP contribution in [0.25, 0.3) is 11.1 Å². The van der Waals surface area contributed by atoms with Gasteiger partial charge in [0.15, 0.2) is 0 Å². The van der Waals surface area contributed by atoms with Crippen LogP contribution in [0.4, 0.5) is 0 Å². The lowest BCUT2D eigenvalue weighted by Gasteiger charge is -2.14. The van der Waals surface area contributed by atoms with E-state index in [1.54, 1.807) is 11.9 Å². The van der Waals surface area contributed by atoms with Crippen LogP contribution in [0.3, 0.4) is 0 Å². The largest absolute Gasteiger partial charge is 0.310 e. The van der Waals surface area contributed by atoms with Gasteiger partial charge in [-0.1, -0.05) is 50.2 Å². The summed E-state index contributed by atoms with van der Waals surface area (Å²) < 4.78 is 3.16. The summed E-state index contributed by atoms with van der Waals surface area (Å²) in [5.41, 5.74) is 5.25. The molecule has 2 aromatic carbocycles. The van der Waals surface area contributed by atoms with Gasteiger partial charge >= 0.3 is 0 Å². The van der Waals surface area contributed by atoms with Crippen molar-refractivity contribution in [2.24, 2.45) is 0 Å². The Balaban J connectivity index is 2.29. The summed E-state index contributed by atoms with van der Waals surface area (Å²) in [6, 6.07) is 15.8. The third-order valence-corrected chi connectivity index (χ3v) is 4.17. The van der Waals surface area contributed by atoms with E-state index in [2.05, 4.69) is 73.3 Å². The molecule has 0 aliphatic heterocycles. The molecule has 0 atom stereocenters. The highest BCUT2D eigenvalue weighted by atomic mass is 32.2. The van der Waals surface area contributed by atoms with Crippen LogP contribution in [0.2, 0.25) is 0 Å². The number of nitrogens with one attached hydrogen (secondary N) is 2. The van der Waals surface area contributed by atoms with Gasteiger partial charge in [-0.15, -0.1) is 0 Å². The van der Waals surface area contributed by atoms with E-state index in [0.717, 1.165) is 6.54 Å². The Labute approximate surface area is 132 Å². The fourth-order valence-corrected chi connectivity index (χ4v) is 3.00. The second-order valence-electron chi connectivity index (χ2n) is 5.49. The van der Waals surface area contributed by atoms with Gasteiger partial charge in [0.05, 0.1) is 0 Å². The molecule has 0 aliphatic carbocycles. The average Bonchev–Trinajstić information content (AvgIpc) is 2.46. The fraction of sp³-hybridized carbons (Fsp3) is 0.333. The molecule has 0 aliphatic rings. The molecule has 2 rings (SSSR count). The summed E-state index contributed by atoms with van der Waals surface area (Å²) in [4.78, 5) is 1.26. The Kier molecular flexibility index (Phi) is 5.85. The van der Waals surface area contributed by atoms with E-state index < -0.39 is 0 Å². The molecule has 2 nitrogen and oxygen atoms in total. The molecule has 0 radical (unpaired) electrons. The Hall–Kier alpha value is -1.29. The lowest BCUT2D eigenvalue weighted by molar-refractivity contribution is 0.589. The minimum Gasteiger partial charge on any atom is -0.310 e.